The lowest BCUT2D eigenvalue weighted by Crippen LogP contribution is -2.30. The van der Waals surface area contributed by atoms with Crippen molar-refractivity contribution < 1.29 is 4.74 Å². The van der Waals surface area contributed by atoms with Gasteiger partial charge in [-0.1, -0.05) is 25.4 Å². The van der Waals surface area contributed by atoms with Gasteiger partial charge in [0.2, 0.25) is 0 Å². The summed E-state index contributed by atoms with van der Waals surface area (Å²) in [6, 6.07) is 2.16. The van der Waals surface area contributed by atoms with Gasteiger partial charge in [0.25, 0.3) is 0 Å². The van der Waals surface area contributed by atoms with Crippen LogP contribution in [0.2, 0.25) is 5.15 Å². The predicted molar refractivity (Wildman–Crippen MR) is 80.2 cm³/mol. The van der Waals surface area contributed by atoms with Gasteiger partial charge in [-0.15, -0.1) is 0 Å². The molecule has 0 fully saturated rings. The summed E-state index contributed by atoms with van der Waals surface area (Å²) in [4.78, 5) is 10.9. The molecule has 1 rings (SSSR count). The summed E-state index contributed by atoms with van der Waals surface area (Å²) >= 11 is 6.20. The molecule has 0 aliphatic carbocycles. The fourth-order valence-corrected chi connectivity index (χ4v) is 1.94. The molecule has 1 heterocycles. The molecule has 1 aromatic heterocycles. The molecule has 0 aliphatic heterocycles. The maximum Gasteiger partial charge on any atom is 0.137 e. The second kappa shape index (κ2) is 8.03. The van der Waals surface area contributed by atoms with Crippen LogP contribution in [0.3, 0.4) is 0 Å². The van der Waals surface area contributed by atoms with E-state index in [0.717, 1.165) is 17.2 Å². The predicted octanol–water partition coefficient (Wildman–Crippen LogP) is 2.93. The summed E-state index contributed by atoms with van der Waals surface area (Å²) in [5, 5.41) is 9.26. The molecule has 0 saturated carbocycles. The van der Waals surface area contributed by atoms with Crippen LogP contribution in [0.5, 0.6) is 0 Å². The van der Waals surface area contributed by atoms with Crippen molar-refractivity contribution in [2.75, 3.05) is 31.7 Å². The van der Waals surface area contributed by atoms with E-state index in [1.165, 1.54) is 0 Å². The summed E-state index contributed by atoms with van der Waals surface area (Å²) in [6.07, 6.45) is 0.432. The van der Waals surface area contributed by atoms with Gasteiger partial charge in [0.05, 0.1) is 19.1 Å². The van der Waals surface area contributed by atoms with Gasteiger partial charge in [-0.3, -0.25) is 0 Å². The number of nitriles is 1. The van der Waals surface area contributed by atoms with E-state index in [4.69, 9.17) is 21.6 Å². The lowest BCUT2D eigenvalue weighted by molar-refractivity contribution is 0.205. The van der Waals surface area contributed by atoms with E-state index in [9.17, 15) is 0 Å². The van der Waals surface area contributed by atoms with E-state index in [-0.39, 0.29) is 5.92 Å². The summed E-state index contributed by atoms with van der Waals surface area (Å²) in [5.74, 6) is 1.71. The van der Waals surface area contributed by atoms with E-state index in [0.29, 0.717) is 31.3 Å². The molecule has 5 nitrogen and oxygen atoms in total. The van der Waals surface area contributed by atoms with Crippen molar-refractivity contribution in [2.24, 2.45) is 0 Å². The summed E-state index contributed by atoms with van der Waals surface area (Å²) < 4.78 is 5.12. The average molecular weight is 297 g/mol. The standard InChI is InChI=1S/C14H21ClN4O/c1-10(2)13-17-12(15)11(3)14(18-13)19(7-5-6-16)8-9-20-4/h10H,5,7-9H2,1-4H3. The topological polar surface area (TPSA) is 62.0 Å². The molecule has 0 spiro atoms. The maximum atomic E-state index is 8.79. The van der Waals surface area contributed by atoms with E-state index in [2.05, 4.69) is 16.0 Å². The number of hydrogen-bond donors (Lipinski definition) is 0. The molecule has 0 N–H and O–H groups in total. The summed E-state index contributed by atoms with van der Waals surface area (Å²) in [6.45, 7) is 7.80. The largest absolute Gasteiger partial charge is 0.383 e. The molecule has 0 aliphatic rings. The first-order valence-corrected chi connectivity index (χ1v) is 7.03. The van der Waals surface area contributed by atoms with Crippen molar-refractivity contribution in [1.29, 1.82) is 5.26 Å². The molecule has 110 valence electrons. The first-order chi connectivity index (χ1) is 9.51. The van der Waals surface area contributed by atoms with Gasteiger partial charge in [0.15, 0.2) is 0 Å². The van der Waals surface area contributed by atoms with E-state index < -0.39 is 0 Å². The average Bonchev–Trinajstić information content (AvgIpc) is 2.42. The molecular formula is C14H21ClN4O. The zero-order chi connectivity index (χ0) is 15.1. The van der Waals surface area contributed by atoms with Crippen molar-refractivity contribution in [3.63, 3.8) is 0 Å². The first kappa shape index (κ1) is 16.7. The molecular weight excluding hydrogens is 276 g/mol. The highest BCUT2D eigenvalue weighted by molar-refractivity contribution is 6.30. The molecule has 0 bridgehead atoms. The fraction of sp³-hybridized carbons (Fsp3) is 0.643. The Balaban J connectivity index is 3.13. The van der Waals surface area contributed by atoms with Crippen LogP contribution in [0.25, 0.3) is 0 Å². The molecule has 0 atom stereocenters. The van der Waals surface area contributed by atoms with Crippen LogP contribution in [0.15, 0.2) is 0 Å². The first-order valence-electron chi connectivity index (χ1n) is 6.66. The summed E-state index contributed by atoms with van der Waals surface area (Å²) in [7, 11) is 1.65. The Morgan fingerprint density at radius 1 is 1.35 bits per heavy atom. The minimum absolute atomic E-state index is 0.201. The van der Waals surface area contributed by atoms with Crippen molar-refractivity contribution in [2.45, 2.75) is 33.1 Å². The molecule has 6 heteroatoms. The van der Waals surface area contributed by atoms with Crippen LogP contribution in [-0.4, -0.2) is 36.8 Å². The van der Waals surface area contributed by atoms with Gasteiger partial charge in [-0.25, -0.2) is 9.97 Å². The normalized spacial score (nSPS) is 10.7. The van der Waals surface area contributed by atoms with Crippen LogP contribution in [-0.2, 0) is 4.74 Å². The SMILES string of the molecule is COCCN(CCC#N)c1nc(C(C)C)nc(Cl)c1C. The van der Waals surface area contributed by atoms with Crippen LogP contribution in [0, 0.1) is 18.3 Å². The maximum absolute atomic E-state index is 8.79. The summed E-state index contributed by atoms with van der Waals surface area (Å²) in [5.41, 5.74) is 0.838. The zero-order valence-corrected chi connectivity index (χ0v) is 13.2. The third-order valence-corrected chi connectivity index (χ3v) is 3.32. The van der Waals surface area contributed by atoms with Crippen LogP contribution < -0.4 is 4.90 Å². The molecule has 0 unspecified atom stereocenters. The number of rotatable bonds is 7. The Morgan fingerprint density at radius 2 is 2.05 bits per heavy atom. The minimum Gasteiger partial charge on any atom is -0.383 e. The van der Waals surface area contributed by atoms with Gasteiger partial charge < -0.3 is 9.64 Å². The van der Waals surface area contributed by atoms with Crippen molar-refractivity contribution in [1.82, 2.24) is 9.97 Å². The van der Waals surface area contributed by atoms with Crippen molar-refractivity contribution >= 4 is 17.4 Å². The Kier molecular flexibility index (Phi) is 6.69. The quantitative estimate of drug-likeness (QED) is 0.724. The van der Waals surface area contributed by atoms with Gasteiger partial charge in [-0.05, 0) is 6.92 Å². The number of ether oxygens (including phenoxy) is 1. The van der Waals surface area contributed by atoms with Crippen LogP contribution in [0.4, 0.5) is 5.82 Å². The molecule has 0 saturated heterocycles. The van der Waals surface area contributed by atoms with Gasteiger partial charge in [-0.2, -0.15) is 5.26 Å². The number of aromatic nitrogens is 2. The van der Waals surface area contributed by atoms with Crippen molar-refractivity contribution in [3.8, 4) is 6.07 Å². The highest BCUT2D eigenvalue weighted by Crippen LogP contribution is 2.25. The van der Waals surface area contributed by atoms with Gasteiger partial charge in [0, 0.05) is 31.7 Å². The minimum atomic E-state index is 0.201. The number of nitrogens with zero attached hydrogens (tertiary/aromatic N) is 4. The molecule has 0 aromatic carbocycles. The number of hydrogen-bond acceptors (Lipinski definition) is 5. The Morgan fingerprint density at radius 3 is 2.60 bits per heavy atom. The van der Waals surface area contributed by atoms with E-state index >= 15 is 0 Å². The molecule has 0 amide bonds. The fourth-order valence-electron chi connectivity index (χ4n) is 1.77. The second-order valence-corrected chi connectivity index (χ2v) is 5.22. The van der Waals surface area contributed by atoms with Crippen LogP contribution in [0.1, 0.15) is 37.6 Å². The van der Waals surface area contributed by atoms with E-state index in [1.807, 2.05) is 25.7 Å². The highest BCUT2D eigenvalue weighted by Gasteiger charge is 2.17. The third kappa shape index (κ3) is 4.32. The van der Waals surface area contributed by atoms with Gasteiger partial charge >= 0.3 is 0 Å². The molecule has 20 heavy (non-hydrogen) atoms. The van der Waals surface area contributed by atoms with Crippen LogP contribution >= 0.6 is 11.6 Å². The lowest BCUT2D eigenvalue weighted by atomic mass is 10.2. The number of anilines is 1. The zero-order valence-electron chi connectivity index (χ0n) is 12.5. The number of halogens is 1. The highest BCUT2D eigenvalue weighted by atomic mass is 35.5. The smallest absolute Gasteiger partial charge is 0.137 e. The molecule has 0 radical (unpaired) electrons. The third-order valence-electron chi connectivity index (χ3n) is 2.95. The monoisotopic (exact) mass is 296 g/mol. The Bertz CT molecular complexity index is 485. The Labute approximate surface area is 125 Å². The van der Waals surface area contributed by atoms with Gasteiger partial charge in [0.1, 0.15) is 16.8 Å². The number of methoxy groups -OCH3 is 1. The van der Waals surface area contributed by atoms with E-state index in [1.54, 1.807) is 7.11 Å². The lowest BCUT2D eigenvalue weighted by Gasteiger charge is -2.25. The second-order valence-electron chi connectivity index (χ2n) is 4.86. The Hall–Kier alpha value is -1.38. The molecule has 1 aromatic rings. The van der Waals surface area contributed by atoms with Crippen molar-refractivity contribution in [3.05, 3.63) is 16.5 Å².